The van der Waals surface area contributed by atoms with Crippen molar-refractivity contribution in [1.29, 1.82) is 0 Å². The van der Waals surface area contributed by atoms with Gasteiger partial charge in [0, 0.05) is 16.6 Å². The second-order valence-electron chi connectivity index (χ2n) is 5.82. The van der Waals surface area contributed by atoms with Crippen molar-refractivity contribution in [2.75, 3.05) is 19.1 Å². The van der Waals surface area contributed by atoms with Crippen molar-refractivity contribution in [3.05, 3.63) is 64.1 Å². The molecule has 0 aliphatic heterocycles. The minimum Gasteiger partial charge on any atom is -0.496 e. The first-order valence-electron chi connectivity index (χ1n) is 8.50. The Hall–Kier alpha value is -1.99. The zero-order chi connectivity index (χ0) is 19.6. The van der Waals surface area contributed by atoms with Crippen LogP contribution in [0.3, 0.4) is 0 Å². The summed E-state index contributed by atoms with van der Waals surface area (Å²) in [4.78, 5) is 25.3. The second kappa shape index (κ2) is 11.0. The van der Waals surface area contributed by atoms with Crippen molar-refractivity contribution in [1.82, 2.24) is 10.6 Å². The highest BCUT2D eigenvalue weighted by Gasteiger charge is 2.22. The number of carbonyl (C=O) groups is 2. The number of rotatable bonds is 9. The summed E-state index contributed by atoms with van der Waals surface area (Å²) in [7, 11) is 1.60. The predicted octanol–water partition coefficient (Wildman–Crippen LogP) is 3.63. The highest BCUT2D eigenvalue weighted by Crippen LogP contribution is 2.18. The van der Waals surface area contributed by atoms with E-state index in [9.17, 15) is 9.59 Å². The Balaban J connectivity index is 2.04. The fourth-order valence-corrected chi connectivity index (χ4v) is 3.48. The van der Waals surface area contributed by atoms with Gasteiger partial charge in [-0.3, -0.25) is 9.59 Å². The Labute approximate surface area is 172 Å². The monoisotopic (exact) mass is 450 g/mol. The van der Waals surface area contributed by atoms with Gasteiger partial charge < -0.3 is 15.4 Å². The number of hydrogen-bond donors (Lipinski definition) is 2. The average molecular weight is 451 g/mol. The van der Waals surface area contributed by atoms with Gasteiger partial charge in [0.05, 0.1) is 12.7 Å². The average Bonchev–Trinajstić information content (AvgIpc) is 2.69. The van der Waals surface area contributed by atoms with Crippen LogP contribution in [-0.4, -0.2) is 37.0 Å². The fraction of sp³-hybridized carbons (Fsp3) is 0.300. The standard InChI is InChI=1S/C20H23BrN2O3S/c1-26-18-10-6-3-7-14(18)13-22-20(25)17(11-12-27-2)23-19(24)15-8-4-5-9-16(15)21/h3-10,17H,11-13H2,1-2H3,(H,22,25)(H,23,24). The van der Waals surface area contributed by atoms with Crippen molar-refractivity contribution in [3.63, 3.8) is 0 Å². The first-order chi connectivity index (χ1) is 13.1. The van der Waals surface area contributed by atoms with Crippen LogP contribution >= 0.6 is 27.7 Å². The smallest absolute Gasteiger partial charge is 0.253 e. The van der Waals surface area contributed by atoms with Crippen LogP contribution in [0.1, 0.15) is 22.3 Å². The molecule has 2 aromatic carbocycles. The molecule has 2 rings (SSSR count). The van der Waals surface area contributed by atoms with Crippen LogP contribution in [0, 0.1) is 0 Å². The van der Waals surface area contributed by atoms with Gasteiger partial charge in [0.2, 0.25) is 5.91 Å². The van der Waals surface area contributed by atoms with Gasteiger partial charge in [-0.05, 0) is 52.6 Å². The Bertz CT molecular complexity index is 785. The molecule has 0 bridgehead atoms. The van der Waals surface area contributed by atoms with E-state index < -0.39 is 6.04 Å². The maximum Gasteiger partial charge on any atom is 0.253 e. The van der Waals surface area contributed by atoms with E-state index in [0.717, 1.165) is 17.1 Å². The number of methoxy groups -OCH3 is 1. The molecule has 5 nitrogen and oxygen atoms in total. The van der Waals surface area contributed by atoms with Gasteiger partial charge in [-0.2, -0.15) is 11.8 Å². The lowest BCUT2D eigenvalue weighted by molar-refractivity contribution is -0.123. The molecule has 1 atom stereocenters. The molecule has 0 aromatic heterocycles. The Morgan fingerprint density at radius 1 is 1.15 bits per heavy atom. The van der Waals surface area contributed by atoms with E-state index in [1.54, 1.807) is 37.1 Å². The quantitative estimate of drug-likeness (QED) is 0.611. The molecular weight excluding hydrogens is 428 g/mol. The molecule has 2 N–H and O–H groups in total. The lowest BCUT2D eigenvalue weighted by atomic mass is 10.1. The normalized spacial score (nSPS) is 11.5. The number of amides is 2. The molecule has 0 aliphatic rings. The number of para-hydroxylation sites is 1. The van der Waals surface area contributed by atoms with Crippen LogP contribution in [0.25, 0.3) is 0 Å². The summed E-state index contributed by atoms with van der Waals surface area (Å²) in [5, 5.41) is 5.75. The summed E-state index contributed by atoms with van der Waals surface area (Å²) in [6.07, 6.45) is 2.52. The van der Waals surface area contributed by atoms with Gasteiger partial charge >= 0.3 is 0 Å². The van der Waals surface area contributed by atoms with Crippen LogP contribution < -0.4 is 15.4 Å². The number of halogens is 1. The summed E-state index contributed by atoms with van der Waals surface area (Å²) in [6, 6.07) is 14.1. The summed E-state index contributed by atoms with van der Waals surface area (Å²) < 4.78 is 6.00. The van der Waals surface area contributed by atoms with E-state index in [-0.39, 0.29) is 11.8 Å². The highest BCUT2D eigenvalue weighted by atomic mass is 79.9. The molecule has 0 radical (unpaired) electrons. The molecular formula is C20H23BrN2O3S. The van der Waals surface area contributed by atoms with E-state index in [4.69, 9.17) is 4.74 Å². The Morgan fingerprint density at radius 2 is 1.85 bits per heavy atom. The zero-order valence-electron chi connectivity index (χ0n) is 15.3. The van der Waals surface area contributed by atoms with E-state index in [2.05, 4.69) is 26.6 Å². The molecule has 144 valence electrons. The summed E-state index contributed by atoms with van der Waals surface area (Å²) >= 11 is 5.01. The molecule has 0 fully saturated rings. The Morgan fingerprint density at radius 3 is 2.56 bits per heavy atom. The van der Waals surface area contributed by atoms with Crippen LogP contribution in [-0.2, 0) is 11.3 Å². The minimum absolute atomic E-state index is 0.213. The third-order valence-electron chi connectivity index (χ3n) is 4.00. The van der Waals surface area contributed by atoms with Crippen molar-refractivity contribution < 1.29 is 14.3 Å². The largest absolute Gasteiger partial charge is 0.496 e. The molecule has 2 amide bonds. The van der Waals surface area contributed by atoms with E-state index in [0.29, 0.717) is 23.0 Å². The van der Waals surface area contributed by atoms with Crippen molar-refractivity contribution in [3.8, 4) is 5.75 Å². The minimum atomic E-state index is -0.605. The number of hydrogen-bond acceptors (Lipinski definition) is 4. The highest BCUT2D eigenvalue weighted by molar-refractivity contribution is 9.10. The molecule has 2 aromatic rings. The second-order valence-corrected chi connectivity index (χ2v) is 7.66. The molecule has 7 heteroatoms. The number of ether oxygens (including phenoxy) is 1. The van der Waals surface area contributed by atoms with Crippen molar-refractivity contribution >= 4 is 39.5 Å². The van der Waals surface area contributed by atoms with Crippen LogP contribution in [0.5, 0.6) is 5.75 Å². The summed E-state index contributed by atoms with van der Waals surface area (Å²) in [5.74, 6) is 0.996. The van der Waals surface area contributed by atoms with Crippen molar-refractivity contribution in [2.45, 2.75) is 19.0 Å². The Kier molecular flexibility index (Phi) is 8.67. The topological polar surface area (TPSA) is 67.4 Å². The lowest BCUT2D eigenvalue weighted by Crippen LogP contribution is -2.47. The van der Waals surface area contributed by atoms with E-state index in [1.165, 1.54) is 0 Å². The molecule has 0 saturated heterocycles. The van der Waals surface area contributed by atoms with Gasteiger partial charge in [-0.1, -0.05) is 30.3 Å². The number of carbonyl (C=O) groups excluding carboxylic acids is 2. The first-order valence-corrected chi connectivity index (χ1v) is 10.7. The van der Waals surface area contributed by atoms with Gasteiger partial charge in [-0.15, -0.1) is 0 Å². The van der Waals surface area contributed by atoms with E-state index >= 15 is 0 Å². The lowest BCUT2D eigenvalue weighted by Gasteiger charge is -2.19. The van der Waals surface area contributed by atoms with Gasteiger partial charge in [0.25, 0.3) is 5.91 Å². The van der Waals surface area contributed by atoms with Gasteiger partial charge in [0.1, 0.15) is 11.8 Å². The van der Waals surface area contributed by atoms with Crippen LogP contribution in [0.15, 0.2) is 53.0 Å². The molecule has 27 heavy (non-hydrogen) atoms. The first kappa shape index (κ1) is 21.3. The molecule has 0 saturated carbocycles. The van der Waals surface area contributed by atoms with Gasteiger partial charge in [0.15, 0.2) is 0 Å². The maximum absolute atomic E-state index is 12.7. The predicted molar refractivity (Wildman–Crippen MR) is 113 cm³/mol. The molecule has 0 spiro atoms. The summed E-state index contributed by atoms with van der Waals surface area (Å²) in [6.45, 7) is 0.337. The van der Waals surface area contributed by atoms with Crippen LogP contribution in [0.2, 0.25) is 0 Å². The maximum atomic E-state index is 12.7. The molecule has 0 heterocycles. The number of benzene rings is 2. The third-order valence-corrected chi connectivity index (χ3v) is 5.33. The van der Waals surface area contributed by atoms with Crippen LogP contribution in [0.4, 0.5) is 0 Å². The zero-order valence-corrected chi connectivity index (χ0v) is 17.7. The van der Waals surface area contributed by atoms with Gasteiger partial charge in [-0.25, -0.2) is 0 Å². The fourth-order valence-electron chi connectivity index (χ4n) is 2.54. The van der Waals surface area contributed by atoms with Crippen molar-refractivity contribution in [2.24, 2.45) is 0 Å². The number of nitrogens with one attached hydrogen (secondary N) is 2. The molecule has 0 aliphatic carbocycles. The SMILES string of the molecule is COc1ccccc1CNC(=O)C(CCSC)NC(=O)c1ccccc1Br. The molecule has 1 unspecified atom stereocenters. The third kappa shape index (κ3) is 6.29. The summed E-state index contributed by atoms with van der Waals surface area (Å²) in [5.41, 5.74) is 1.39. The number of thioether (sulfide) groups is 1. The van der Waals surface area contributed by atoms with E-state index in [1.807, 2.05) is 36.6 Å².